The summed E-state index contributed by atoms with van der Waals surface area (Å²) in [5.74, 6) is 2.51. The maximum atomic E-state index is 4.58. The van der Waals surface area contributed by atoms with Crippen LogP contribution >= 0.6 is 0 Å². The fourth-order valence-corrected chi connectivity index (χ4v) is 2.67. The summed E-state index contributed by atoms with van der Waals surface area (Å²) < 4.78 is 0. The van der Waals surface area contributed by atoms with Crippen molar-refractivity contribution < 1.29 is 0 Å². The molecule has 19 heavy (non-hydrogen) atoms. The molecule has 5 heteroatoms. The molecule has 0 unspecified atom stereocenters. The van der Waals surface area contributed by atoms with Crippen LogP contribution in [0.1, 0.15) is 12.8 Å². The molecule has 1 fully saturated rings. The first-order chi connectivity index (χ1) is 9.06. The SMILES string of the molecule is CN1CCC[C@@H](CN(C)c2ccnc(N(C)C)n2)C1. The van der Waals surface area contributed by atoms with Crippen LogP contribution in [0, 0.1) is 5.92 Å². The molecular weight excluding hydrogens is 238 g/mol. The molecule has 1 atom stereocenters. The molecule has 0 radical (unpaired) electrons. The topological polar surface area (TPSA) is 35.5 Å². The lowest BCUT2D eigenvalue weighted by molar-refractivity contribution is 0.213. The second-order valence-corrected chi connectivity index (χ2v) is 5.76. The first-order valence-electron chi connectivity index (χ1n) is 6.96. The molecule has 1 aromatic rings. The fraction of sp³-hybridized carbons (Fsp3) is 0.714. The molecule has 2 heterocycles. The van der Waals surface area contributed by atoms with Crippen LogP contribution in [-0.4, -0.2) is 62.7 Å². The Kier molecular flexibility index (Phi) is 4.58. The van der Waals surface area contributed by atoms with Gasteiger partial charge < -0.3 is 14.7 Å². The molecule has 1 aromatic heterocycles. The Morgan fingerprint density at radius 3 is 2.84 bits per heavy atom. The average molecular weight is 263 g/mol. The van der Waals surface area contributed by atoms with E-state index in [2.05, 4.69) is 33.9 Å². The Bertz CT molecular complexity index is 407. The molecule has 1 aliphatic rings. The molecule has 0 bridgehead atoms. The van der Waals surface area contributed by atoms with Gasteiger partial charge in [0.2, 0.25) is 5.95 Å². The summed E-state index contributed by atoms with van der Waals surface area (Å²) in [6, 6.07) is 1.99. The van der Waals surface area contributed by atoms with Gasteiger partial charge in [-0.3, -0.25) is 0 Å². The van der Waals surface area contributed by atoms with E-state index >= 15 is 0 Å². The van der Waals surface area contributed by atoms with Gasteiger partial charge in [-0.2, -0.15) is 4.98 Å². The van der Waals surface area contributed by atoms with Gasteiger partial charge in [0.15, 0.2) is 0 Å². The quantitative estimate of drug-likeness (QED) is 0.819. The molecule has 1 aliphatic heterocycles. The zero-order valence-corrected chi connectivity index (χ0v) is 12.5. The Morgan fingerprint density at radius 1 is 1.37 bits per heavy atom. The zero-order chi connectivity index (χ0) is 13.8. The minimum atomic E-state index is 0.738. The van der Waals surface area contributed by atoms with E-state index < -0.39 is 0 Å². The van der Waals surface area contributed by atoms with Gasteiger partial charge in [-0.05, 0) is 38.4 Å². The highest BCUT2D eigenvalue weighted by atomic mass is 15.3. The summed E-state index contributed by atoms with van der Waals surface area (Å²) in [6.45, 7) is 3.49. The van der Waals surface area contributed by atoms with Gasteiger partial charge in [0.05, 0.1) is 0 Å². The van der Waals surface area contributed by atoms with Crippen molar-refractivity contribution in [3.63, 3.8) is 0 Å². The summed E-state index contributed by atoms with van der Waals surface area (Å²) >= 11 is 0. The second kappa shape index (κ2) is 6.19. The van der Waals surface area contributed by atoms with E-state index in [0.717, 1.165) is 24.2 Å². The van der Waals surface area contributed by atoms with Crippen molar-refractivity contribution in [2.75, 3.05) is 57.6 Å². The summed E-state index contributed by atoms with van der Waals surface area (Å²) in [5.41, 5.74) is 0. The average Bonchev–Trinajstić information content (AvgIpc) is 2.39. The first-order valence-corrected chi connectivity index (χ1v) is 6.96. The predicted octanol–water partition coefficient (Wildman–Crippen LogP) is 1.32. The molecular formula is C14H25N5. The van der Waals surface area contributed by atoms with Gasteiger partial charge >= 0.3 is 0 Å². The number of nitrogens with zero attached hydrogens (tertiary/aromatic N) is 5. The van der Waals surface area contributed by atoms with E-state index in [0.29, 0.717) is 0 Å². The van der Waals surface area contributed by atoms with E-state index in [4.69, 9.17) is 0 Å². The lowest BCUT2D eigenvalue weighted by atomic mass is 9.98. The largest absolute Gasteiger partial charge is 0.359 e. The smallest absolute Gasteiger partial charge is 0.226 e. The third kappa shape index (κ3) is 3.80. The lowest BCUT2D eigenvalue weighted by Crippen LogP contribution is -2.38. The maximum absolute atomic E-state index is 4.58. The molecule has 0 saturated carbocycles. The van der Waals surface area contributed by atoms with Gasteiger partial charge in [0, 0.05) is 40.4 Å². The number of likely N-dealkylation sites (tertiary alicyclic amines) is 1. The van der Waals surface area contributed by atoms with Gasteiger partial charge in [0.25, 0.3) is 0 Å². The van der Waals surface area contributed by atoms with Crippen molar-refractivity contribution in [1.29, 1.82) is 0 Å². The molecule has 0 aromatic carbocycles. The van der Waals surface area contributed by atoms with Gasteiger partial charge in [-0.15, -0.1) is 0 Å². The highest BCUT2D eigenvalue weighted by Gasteiger charge is 2.19. The van der Waals surface area contributed by atoms with Crippen LogP contribution in [0.15, 0.2) is 12.3 Å². The molecule has 0 N–H and O–H groups in total. The van der Waals surface area contributed by atoms with Crippen LogP contribution in [0.25, 0.3) is 0 Å². The number of hydrogen-bond acceptors (Lipinski definition) is 5. The van der Waals surface area contributed by atoms with E-state index in [1.54, 1.807) is 0 Å². The number of rotatable bonds is 4. The standard InChI is InChI=1S/C14H25N5/c1-17(2)14-15-8-7-13(16-14)19(4)11-12-6-5-9-18(3)10-12/h7-8,12H,5-6,9-11H2,1-4H3/t12-/m1/s1. The van der Waals surface area contributed by atoms with Crippen molar-refractivity contribution in [3.8, 4) is 0 Å². The monoisotopic (exact) mass is 263 g/mol. The summed E-state index contributed by atoms with van der Waals surface area (Å²) in [7, 11) is 8.27. The molecule has 5 nitrogen and oxygen atoms in total. The van der Waals surface area contributed by atoms with Crippen LogP contribution in [0.5, 0.6) is 0 Å². The first kappa shape index (κ1) is 14.1. The molecule has 0 spiro atoms. The van der Waals surface area contributed by atoms with E-state index in [1.165, 1.54) is 25.9 Å². The number of hydrogen-bond donors (Lipinski definition) is 0. The van der Waals surface area contributed by atoms with Crippen molar-refractivity contribution in [2.45, 2.75) is 12.8 Å². The molecule has 106 valence electrons. The van der Waals surface area contributed by atoms with Crippen LogP contribution in [-0.2, 0) is 0 Å². The summed E-state index contributed by atoms with van der Waals surface area (Å²) in [6.07, 6.45) is 4.46. The van der Waals surface area contributed by atoms with Crippen molar-refractivity contribution in [2.24, 2.45) is 5.92 Å². The Morgan fingerprint density at radius 2 is 2.16 bits per heavy atom. The third-order valence-corrected chi connectivity index (χ3v) is 3.67. The Balaban J connectivity index is 1.99. The normalized spacial score (nSPS) is 20.3. The van der Waals surface area contributed by atoms with Crippen LogP contribution in [0.4, 0.5) is 11.8 Å². The minimum absolute atomic E-state index is 0.738. The van der Waals surface area contributed by atoms with Crippen molar-refractivity contribution in [1.82, 2.24) is 14.9 Å². The summed E-state index contributed by atoms with van der Waals surface area (Å²) in [4.78, 5) is 15.5. The van der Waals surface area contributed by atoms with Crippen LogP contribution in [0.2, 0.25) is 0 Å². The van der Waals surface area contributed by atoms with Crippen LogP contribution in [0.3, 0.4) is 0 Å². The Labute approximate surface area is 116 Å². The van der Waals surface area contributed by atoms with E-state index in [9.17, 15) is 0 Å². The highest BCUT2D eigenvalue weighted by molar-refractivity contribution is 5.42. The molecule has 0 amide bonds. The summed E-state index contributed by atoms with van der Waals surface area (Å²) in [5, 5.41) is 0. The molecule has 0 aliphatic carbocycles. The number of aromatic nitrogens is 2. The van der Waals surface area contributed by atoms with Gasteiger partial charge in [-0.1, -0.05) is 0 Å². The lowest BCUT2D eigenvalue weighted by Gasteiger charge is -2.32. The third-order valence-electron chi connectivity index (χ3n) is 3.67. The fourth-order valence-electron chi connectivity index (χ4n) is 2.67. The molecule has 2 rings (SSSR count). The van der Waals surface area contributed by atoms with Gasteiger partial charge in [-0.25, -0.2) is 4.98 Å². The van der Waals surface area contributed by atoms with E-state index in [1.807, 2.05) is 31.3 Å². The second-order valence-electron chi connectivity index (χ2n) is 5.76. The van der Waals surface area contributed by atoms with E-state index in [-0.39, 0.29) is 0 Å². The Hall–Kier alpha value is -1.36. The van der Waals surface area contributed by atoms with Crippen molar-refractivity contribution in [3.05, 3.63) is 12.3 Å². The molecule has 1 saturated heterocycles. The number of piperidine rings is 1. The minimum Gasteiger partial charge on any atom is -0.359 e. The highest BCUT2D eigenvalue weighted by Crippen LogP contribution is 2.19. The predicted molar refractivity (Wildman–Crippen MR) is 79.9 cm³/mol. The number of anilines is 2. The maximum Gasteiger partial charge on any atom is 0.226 e. The zero-order valence-electron chi connectivity index (χ0n) is 12.5. The van der Waals surface area contributed by atoms with Gasteiger partial charge in [0.1, 0.15) is 5.82 Å². The van der Waals surface area contributed by atoms with Crippen LogP contribution < -0.4 is 9.80 Å². The van der Waals surface area contributed by atoms with Crippen molar-refractivity contribution >= 4 is 11.8 Å².